The number of anilines is 1. The van der Waals surface area contributed by atoms with Crippen molar-refractivity contribution in [1.82, 2.24) is 15.1 Å². The van der Waals surface area contributed by atoms with Gasteiger partial charge in [0.2, 0.25) is 0 Å². The summed E-state index contributed by atoms with van der Waals surface area (Å²) in [6.45, 7) is 6.08. The molecule has 22 heavy (non-hydrogen) atoms. The maximum absolute atomic E-state index is 10.2. The predicted molar refractivity (Wildman–Crippen MR) is 88.1 cm³/mol. The second-order valence-electron chi connectivity index (χ2n) is 6.17. The first-order valence-electron chi connectivity index (χ1n) is 7.62. The van der Waals surface area contributed by atoms with Gasteiger partial charge in [-0.25, -0.2) is 0 Å². The third kappa shape index (κ3) is 3.04. The predicted octanol–water partition coefficient (Wildman–Crippen LogP) is 2.58. The number of phenols is 1. The summed E-state index contributed by atoms with van der Waals surface area (Å²) in [5, 5.41) is 22.1. The van der Waals surface area contributed by atoms with Crippen LogP contribution in [0.2, 0.25) is 0 Å². The Morgan fingerprint density at radius 1 is 1.23 bits per heavy atom. The summed E-state index contributed by atoms with van der Waals surface area (Å²) < 4.78 is 0. The summed E-state index contributed by atoms with van der Waals surface area (Å²) >= 11 is 0. The van der Waals surface area contributed by atoms with Crippen LogP contribution >= 0.6 is 0 Å². The molecule has 2 N–H and O–H groups in total. The number of hydrogen-bond acceptors (Lipinski definition) is 5. The Balaban J connectivity index is 1.80. The van der Waals surface area contributed by atoms with E-state index >= 15 is 0 Å². The highest BCUT2D eigenvalue weighted by atomic mass is 16.3. The van der Waals surface area contributed by atoms with E-state index in [1.54, 1.807) is 6.07 Å². The van der Waals surface area contributed by atoms with Gasteiger partial charge in [-0.15, -0.1) is 10.2 Å². The van der Waals surface area contributed by atoms with E-state index in [0.717, 1.165) is 42.0 Å². The van der Waals surface area contributed by atoms with Crippen LogP contribution in [0.15, 0.2) is 24.3 Å². The van der Waals surface area contributed by atoms with Gasteiger partial charge in [0.25, 0.3) is 0 Å². The Morgan fingerprint density at radius 2 is 2.05 bits per heavy atom. The SMILES string of the molecule is Cc1cc(C)c(-c2ccc(N[C@H]3CCN(C)C3)nn2)c(O)c1. The molecule has 116 valence electrons. The molecule has 0 unspecified atom stereocenters. The zero-order valence-electron chi connectivity index (χ0n) is 13.3. The van der Waals surface area contributed by atoms with Gasteiger partial charge in [-0.05, 0) is 63.2 Å². The quantitative estimate of drug-likeness (QED) is 0.912. The molecule has 1 saturated heterocycles. The van der Waals surface area contributed by atoms with E-state index < -0.39 is 0 Å². The highest BCUT2D eigenvalue weighted by molar-refractivity contribution is 5.71. The van der Waals surface area contributed by atoms with Gasteiger partial charge < -0.3 is 15.3 Å². The average Bonchev–Trinajstić information content (AvgIpc) is 2.85. The first-order valence-corrected chi connectivity index (χ1v) is 7.62. The van der Waals surface area contributed by atoms with Gasteiger partial charge in [-0.1, -0.05) is 6.07 Å². The van der Waals surface area contributed by atoms with Crippen molar-refractivity contribution in [1.29, 1.82) is 0 Å². The molecule has 0 radical (unpaired) electrons. The van der Waals surface area contributed by atoms with Gasteiger partial charge in [-0.3, -0.25) is 0 Å². The molecule has 1 fully saturated rings. The number of aromatic nitrogens is 2. The van der Waals surface area contributed by atoms with E-state index in [0.29, 0.717) is 11.7 Å². The topological polar surface area (TPSA) is 61.3 Å². The lowest BCUT2D eigenvalue weighted by Gasteiger charge is -2.13. The fourth-order valence-electron chi connectivity index (χ4n) is 3.08. The number of phenolic OH excluding ortho intramolecular Hbond substituents is 1. The fourth-order valence-corrected chi connectivity index (χ4v) is 3.08. The second-order valence-corrected chi connectivity index (χ2v) is 6.17. The van der Waals surface area contributed by atoms with Crippen molar-refractivity contribution < 1.29 is 5.11 Å². The number of benzene rings is 1. The summed E-state index contributed by atoms with van der Waals surface area (Å²) in [6, 6.07) is 8.06. The summed E-state index contributed by atoms with van der Waals surface area (Å²) in [4.78, 5) is 2.30. The fraction of sp³-hybridized carbons (Fsp3) is 0.412. The first-order chi connectivity index (χ1) is 10.5. The van der Waals surface area contributed by atoms with Gasteiger partial charge >= 0.3 is 0 Å². The summed E-state index contributed by atoms with van der Waals surface area (Å²) in [5.74, 6) is 1.04. The summed E-state index contributed by atoms with van der Waals surface area (Å²) in [5.41, 5.74) is 3.50. The molecule has 2 heterocycles. The zero-order chi connectivity index (χ0) is 15.7. The highest BCUT2D eigenvalue weighted by Gasteiger charge is 2.19. The highest BCUT2D eigenvalue weighted by Crippen LogP contribution is 2.32. The first kappa shape index (κ1) is 14.8. The molecule has 1 aromatic carbocycles. The molecule has 5 heteroatoms. The molecule has 3 rings (SSSR count). The molecular formula is C17H22N4O. The van der Waals surface area contributed by atoms with E-state index in [1.165, 1.54) is 0 Å². The third-order valence-electron chi connectivity index (χ3n) is 4.12. The number of aromatic hydroxyl groups is 1. The largest absolute Gasteiger partial charge is 0.507 e. The van der Waals surface area contributed by atoms with Crippen LogP contribution in [0, 0.1) is 13.8 Å². The van der Waals surface area contributed by atoms with Crippen molar-refractivity contribution in [3.05, 3.63) is 35.4 Å². The molecule has 1 aromatic heterocycles. The number of likely N-dealkylation sites (tertiary alicyclic amines) is 1. The van der Waals surface area contributed by atoms with Crippen LogP contribution in [0.1, 0.15) is 17.5 Å². The lowest BCUT2D eigenvalue weighted by atomic mass is 10.0. The molecule has 1 aliphatic rings. The minimum Gasteiger partial charge on any atom is -0.507 e. The third-order valence-corrected chi connectivity index (χ3v) is 4.12. The molecule has 0 bridgehead atoms. The molecule has 0 spiro atoms. The summed E-state index contributed by atoms with van der Waals surface area (Å²) in [7, 11) is 2.12. The van der Waals surface area contributed by atoms with E-state index in [4.69, 9.17) is 0 Å². The van der Waals surface area contributed by atoms with Gasteiger partial charge in [0.15, 0.2) is 0 Å². The summed E-state index contributed by atoms with van der Waals surface area (Å²) in [6.07, 6.45) is 1.12. The van der Waals surface area contributed by atoms with Crippen molar-refractivity contribution in [3.63, 3.8) is 0 Å². The molecule has 1 aliphatic heterocycles. The van der Waals surface area contributed by atoms with Crippen LogP contribution in [0.5, 0.6) is 5.75 Å². The number of hydrogen-bond donors (Lipinski definition) is 2. The molecular weight excluding hydrogens is 276 g/mol. The molecule has 5 nitrogen and oxygen atoms in total. The maximum atomic E-state index is 10.2. The maximum Gasteiger partial charge on any atom is 0.148 e. The normalized spacial score (nSPS) is 18.6. The van der Waals surface area contributed by atoms with Crippen molar-refractivity contribution in [2.75, 3.05) is 25.5 Å². The van der Waals surface area contributed by atoms with Crippen LogP contribution in [0.25, 0.3) is 11.3 Å². The Bertz CT molecular complexity index is 646. The molecule has 0 aliphatic carbocycles. The van der Waals surface area contributed by atoms with Gasteiger partial charge in [-0.2, -0.15) is 0 Å². The number of nitrogens with zero attached hydrogens (tertiary/aromatic N) is 3. The number of rotatable bonds is 3. The Hall–Kier alpha value is -2.14. The van der Waals surface area contributed by atoms with Crippen LogP contribution in [0.4, 0.5) is 5.82 Å². The minimum absolute atomic E-state index is 0.255. The number of aryl methyl sites for hydroxylation is 2. The smallest absolute Gasteiger partial charge is 0.148 e. The van der Waals surface area contributed by atoms with Crippen LogP contribution < -0.4 is 5.32 Å². The van der Waals surface area contributed by atoms with Gasteiger partial charge in [0.1, 0.15) is 11.6 Å². The molecule has 1 atom stereocenters. The van der Waals surface area contributed by atoms with Crippen LogP contribution in [-0.4, -0.2) is 46.4 Å². The standard InChI is InChI=1S/C17H22N4O/c1-11-8-12(2)17(15(22)9-11)14-4-5-16(20-19-14)18-13-6-7-21(3)10-13/h4-5,8-9,13,22H,6-7,10H2,1-3H3,(H,18,20)/t13-/m0/s1. The van der Waals surface area contributed by atoms with Crippen LogP contribution in [-0.2, 0) is 0 Å². The zero-order valence-corrected chi connectivity index (χ0v) is 13.3. The van der Waals surface area contributed by atoms with E-state index in [1.807, 2.05) is 32.0 Å². The van der Waals surface area contributed by atoms with Crippen LogP contribution in [0.3, 0.4) is 0 Å². The Labute approximate surface area is 131 Å². The van der Waals surface area contributed by atoms with Crippen molar-refractivity contribution in [2.45, 2.75) is 26.3 Å². The monoisotopic (exact) mass is 298 g/mol. The van der Waals surface area contributed by atoms with E-state index in [9.17, 15) is 5.11 Å². The lowest BCUT2D eigenvalue weighted by Crippen LogP contribution is -2.24. The Kier molecular flexibility index (Phi) is 3.98. The van der Waals surface area contributed by atoms with Gasteiger partial charge in [0.05, 0.1) is 5.69 Å². The Morgan fingerprint density at radius 3 is 2.64 bits per heavy atom. The van der Waals surface area contributed by atoms with E-state index in [2.05, 4.69) is 27.5 Å². The molecule has 0 amide bonds. The van der Waals surface area contributed by atoms with Crippen molar-refractivity contribution in [2.24, 2.45) is 0 Å². The van der Waals surface area contributed by atoms with E-state index in [-0.39, 0.29) is 5.75 Å². The van der Waals surface area contributed by atoms with Gasteiger partial charge in [0, 0.05) is 18.2 Å². The average molecular weight is 298 g/mol. The van der Waals surface area contributed by atoms with Crippen molar-refractivity contribution in [3.8, 4) is 17.0 Å². The molecule has 0 saturated carbocycles. The molecule has 2 aromatic rings. The second kappa shape index (κ2) is 5.93. The lowest BCUT2D eigenvalue weighted by molar-refractivity contribution is 0.414. The van der Waals surface area contributed by atoms with Crippen molar-refractivity contribution >= 4 is 5.82 Å². The minimum atomic E-state index is 0.255. The number of nitrogens with one attached hydrogen (secondary N) is 1. The number of likely N-dealkylation sites (N-methyl/N-ethyl adjacent to an activating group) is 1.